The number of rotatable bonds is 1. The lowest BCUT2D eigenvalue weighted by Crippen LogP contribution is -2.38. The van der Waals surface area contributed by atoms with Gasteiger partial charge in [-0.25, -0.2) is 0 Å². The van der Waals surface area contributed by atoms with E-state index in [4.69, 9.17) is 4.74 Å². The fourth-order valence-corrected chi connectivity index (χ4v) is 2.38. The molecule has 2 atom stereocenters. The molecule has 1 fully saturated rings. The molecule has 2 heteroatoms. The molecule has 2 nitrogen and oxygen atoms in total. The summed E-state index contributed by atoms with van der Waals surface area (Å²) in [5, 5.41) is 0. The Balaban J connectivity index is 2.33. The molecule has 0 N–H and O–H groups in total. The van der Waals surface area contributed by atoms with Gasteiger partial charge in [-0.1, -0.05) is 6.92 Å². The largest absolute Gasteiger partial charge is 0.370 e. The molecule has 14 heavy (non-hydrogen) atoms. The number of ether oxygens (including phenoxy) is 1. The number of hydrogen-bond acceptors (Lipinski definition) is 2. The summed E-state index contributed by atoms with van der Waals surface area (Å²) < 4.78 is 5.57. The van der Waals surface area contributed by atoms with Crippen molar-refractivity contribution >= 4 is 5.78 Å². The van der Waals surface area contributed by atoms with Crippen molar-refractivity contribution < 1.29 is 9.53 Å². The number of carbonyl (C=O) groups is 1. The van der Waals surface area contributed by atoms with Gasteiger partial charge in [0.25, 0.3) is 0 Å². The van der Waals surface area contributed by atoms with E-state index in [2.05, 4.69) is 6.92 Å². The summed E-state index contributed by atoms with van der Waals surface area (Å²) in [6.07, 6.45) is 8.46. The minimum absolute atomic E-state index is 0.0989. The smallest absolute Gasteiger partial charge is 0.178 e. The lowest BCUT2D eigenvalue weighted by atomic mass is 9.73. The topological polar surface area (TPSA) is 26.3 Å². The minimum atomic E-state index is -0.263. The van der Waals surface area contributed by atoms with Crippen molar-refractivity contribution in [3.63, 3.8) is 0 Å². The first kappa shape index (κ1) is 9.66. The SMILES string of the molecule is COC12C=CC(=O)C=C1CC(C)CC2. The van der Waals surface area contributed by atoms with Crippen LogP contribution in [0.4, 0.5) is 0 Å². The van der Waals surface area contributed by atoms with E-state index in [-0.39, 0.29) is 11.4 Å². The lowest BCUT2D eigenvalue weighted by molar-refractivity contribution is -0.111. The van der Waals surface area contributed by atoms with E-state index in [1.165, 1.54) is 6.42 Å². The van der Waals surface area contributed by atoms with Crippen molar-refractivity contribution in [2.45, 2.75) is 31.8 Å². The van der Waals surface area contributed by atoms with Crippen LogP contribution in [0.5, 0.6) is 0 Å². The van der Waals surface area contributed by atoms with Crippen molar-refractivity contribution in [1.29, 1.82) is 0 Å². The van der Waals surface area contributed by atoms with Gasteiger partial charge in [0.2, 0.25) is 0 Å². The van der Waals surface area contributed by atoms with Crippen molar-refractivity contribution in [2.75, 3.05) is 7.11 Å². The predicted octanol–water partition coefficient (Wildman–Crippen LogP) is 2.26. The molecule has 2 aliphatic rings. The maximum absolute atomic E-state index is 11.3. The van der Waals surface area contributed by atoms with Gasteiger partial charge in [-0.2, -0.15) is 0 Å². The summed E-state index contributed by atoms with van der Waals surface area (Å²) in [4.78, 5) is 11.3. The average Bonchev–Trinajstić information content (AvgIpc) is 2.18. The second-order valence-electron chi connectivity index (χ2n) is 4.35. The van der Waals surface area contributed by atoms with Gasteiger partial charge in [-0.15, -0.1) is 0 Å². The number of methoxy groups -OCH3 is 1. The van der Waals surface area contributed by atoms with Gasteiger partial charge in [-0.3, -0.25) is 4.79 Å². The van der Waals surface area contributed by atoms with Gasteiger partial charge in [0.05, 0.1) is 0 Å². The second kappa shape index (κ2) is 3.35. The zero-order valence-corrected chi connectivity index (χ0v) is 8.75. The van der Waals surface area contributed by atoms with Crippen LogP contribution in [0.3, 0.4) is 0 Å². The van der Waals surface area contributed by atoms with Crippen molar-refractivity contribution in [3.8, 4) is 0 Å². The van der Waals surface area contributed by atoms with Crippen molar-refractivity contribution in [1.82, 2.24) is 0 Å². The van der Waals surface area contributed by atoms with Crippen LogP contribution >= 0.6 is 0 Å². The van der Waals surface area contributed by atoms with E-state index in [0.717, 1.165) is 18.4 Å². The third-order valence-electron chi connectivity index (χ3n) is 3.32. The van der Waals surface area contributed by atoms with Gasteiger partial charge < -0.3 is 4.74 Å². The number of fused-ring (bicyclic) bond motifs is 1. The Morgan fingerprint density at radius 3 is 3.07 bits per heavy atom. The first-order valence-electron chi connectivity index (χ1n) is 5.16. The zero-order valence-electron chi connectivity index (χ0n) is 8.75. The maximum atomic E-state index is 11.3. The molecular weight excluding hydrogens is 176 g/mol. The van der Waals surface area contributed by atoms with Gasteiger partial charge >= 0.3 is 0 Å². The average molecular weight is 192 g/mol. The molecule has 76 valence electrons. The lowest BCUT2D eigenvalue weighted by Gasteiger charge is -2.39. The molecule has 1 saturated carbocycles. The summed E-state index contributed by atoms with van der Waals surface area (Å²) >= 11 is 0. The first-order valence-corrected chi connectivity index (χ1v) is 5.16. The Kier molecular flexibility index (Phi) is 2.31. The fourth-order valence-electron chi connectivity index (χ4n) is 2.38. The molecule has 0 spiro atoms. The molecule has 0 saturated heterocycles. The summed E-state index contributed by atoms with van der Waals surface area (Å²) in [6, 6.07) is 0. The van der Waals surface area contributed by atoms with Crippen LogP contribution in [0.1, 0.15) is 26.2 Å². The van der Waals surface area contributed by atoms with Gasteiger partial charge in [0.1, 0.15) is 5.60 Å². The van der Waals surface area contributed by atoms with Crippen LogP contribution in [0.15, 0.2) is 23.8 Å². The monoisotopic (exact) mass is 192 g/mol. The molecule has 0 heterocycles. The summed E-state index contributed by atoms with van der Waals surface area (Å²) in [5.41, 5.74) is 0.895. The molecule has 0 bridgehead atoms. The standard InChI is InChI=1S/C12H16O2/c1-9-3-5-12(14-2)6-4-11(13)8-10(12)7-9/h4,6,8-9H,3,5,7H2,1-2H3. The van der Waals surface area contributed by atoms with Crippen LogP contribution in [0, 0.1) is 5.92 Å². The third kappa shape index (κ3) is 1.44. The molecule has 2 aliphatic carbocycles. The maximum Gasteiger partial charge on any atom is 0.178 e. The minimum Gasteiger partial charge on any atom is -0.370 e. The Morgan fingerprint density at radius 1 is 1.57 bits per heavy atom. The Morgan fingerprint density at radius 2 is 2.36 bits per heavy atom. The molecule has 0 radical (unpaired) electrons. The molecular formula is C12H16O2. The molecule has 2 unspecified atom stereocenters. The normalized spacial score (nSPS) is 36.6. The third-order valence-corrected chi connectivity index (χ3v) is 3.32. The van der Waals surface area contributed by atoms with Crippen LogP contribution in [0.25, 0.3) is 0 Å². The highest BCUT2D eigenvalue weighted by atomic mass is 16.5. The van der Waals surface area contributed by atoms with Gasteiger partial charge in [0, 0.05) is 7.11 Å². The van der Waals surface area contributed by atoms with Gasteiger partial charge in [0.15, 0.2) is 5.78 Å². The molecule has 0 aliphatic heterocycles. The Bertz CT molecular complexity index is 314. The second-order valence-corrected chi connectivity index (χ2v) is 4.35. The Labute approximate surface area is 84.6 Å². The predicted molar refractivity (Wildman–Crippen MR) is 55.0 cm³/mol. The van der Waals surface area contributed by atoms with E-state index in [0.29, 0.717) is 5.92 Å². The van der Waals surface area contributed by atoms with E-state index in [1.807, 2.05) is 6.08 Å². The number of hydrogen-bond donors (Lipinski definition) is 0. The first-order chi connectivity index (χ1) is 6.66. The number of allylic oxidation sites excluding steroid dienone is 2. The molecule has 0 aromatic carbocycles. The van der Waals surface area contributed by atoms with E-state index >= 15 is 0 Å². The van der Waals surface area contributed by atoms with Crippen molar-refractivity contribution in [3.05, 3.63) is 23.8 Å². The van der Waals surface area contributed by atoms with Crippen molar-refractivity contribution in [2.24, 2.45) is 5.92 Å². The van der Waals surface area contributed by atoms with E-state index in [9.17, 15) is 4.79 Å². The molecule has 2 rings (SSSR count). The molecule has 0 amide bonds. The zero-order chi connectivity index (χ0) is 10.2. The highest BCUT2D eigenvalue weighted by Crippen LogP contribution is 2.41. The molecule has 0 aromatic rings. The van der Waals surface area contributed by atoms with E-state index < -0.39 is 0 Å². The fraction of sp³-hybridized carbons (Fsp3) is 0.583. The number of carbonyl (C=O) groups excluding carboxylic acids is 1. The van der Waals surface area contributed by atoms with Crippen LogP contribution < -0.4 is 0 Å². The van der Waals surface area contributed by atoms with E-state index in [1.54, 1.807) is 19.3 Å². The quantitative estimate of drug-likeness (QED) is 0.637. The van der Waals surface area contributed by atoms with Crippen LogP contribution in [-0.4, -0.2) is 18.5 Å². The van der Waals surface area contributed by atoms with Gasteiger partial charge in [-0.05, 0) is 49.0 Å². The highest BCUT2D eigenvalue weighted by Gasteiger charge is 2.38. The highest BCUT2D eigenvalue weighted by molar-refractivity contribution is 6.01. The Hall–Kier alpha value is -0.890. The molecule has 0 aromatic heterocycles. The summed E-state index contributed by atoms with van der Waals surface area (Å²) in [5.74, 6) is 0.769. The number of ketones is 1. The summed E-state index contributed by atoms with van der Waals surface area (Å²) in [7, 11) is 1.73. The van der Waals surface area contributed by atoms with Crippen LogP contribution in [0.2, 0.25) is 0 Å². The van der Waals surface area contributed by atoms with Crippen LogP contribution in [-0.2, 0) is 9.53 Å². The summed E-state index contributed by atoms with van der Waals surface area (Å²) in [6.45, 7) is 2.23.